The molecule has 3 aromatic rings. The van der Waals surface area contributed by atoms with E-state index >= 15 is 0 Å². The van der Waals surface area contributed by atoms with Crippen LogP contribution < -0.4 is 19.8 Å². The molecule has 0 heterocycles. The molecule has 0 aliphatic rings. The zero-order valence-electron chi connectivity index (χ0n) is 20.3. The minimum absolute atomic E-state index is 0.0445. The Morgan fingerprint density at radius 1 is 0.917 bits per heavy atom. The Morgan fingerprint density at radius 2 is 1.56 bits per heavy atom. The summed E-state index contributed by atoms with van der Waals surface area (Å²) in [5.74, 6) is -0.470. The Hall–Kier alpha value is -4.18. The zero-order chi connectivity index (χ0) is 26.1. The lowest BCUT2D eigenvalue weighted by Crippen LogP contribution is -2.40. The van der Waals surface area contributed by atoms with Crippen molar-refractivity contribution in [3.63, 3.8) is 0 Å². The van der Waals surface area contributed by atoms with Gasteiger partial charge in [-0.05, 0) is 55.8 Å². The summed E-state index contributed by atoms with van der Waals surface area (Å²) in [7, 11) is -4.09. The van der Waals surface area contributed by atoms with Crippen molar-refractivity contribution in [1.82, 2.24) is 5.43 Å². The molecule has 0 aliphatic carbocycles. The number of hydrazone groups is 1. The van der Waals surface area contributed by atoms with Gasteiger partial charge in [-0.15, -0.1) is 0 Å². The number of ether oxygens (including phenoxy) is 1. The fourth-order valence-corrected chi connectivity index (χ4v) is 4.79. The number of carbonyl (C=O) groups excluding carboxylic acids is 2. The van der Waals surface area contributed by atoms with Gasteiger partial charge in [0.15, 0.2) is 0 Å². The van der Waals surface area contributed by atoms with E-state index < -0.39 is 22.5 Å². The topological polar surface area (TPSA) is 117 Å². The van der Waals surface area contributed by atoms with Crippen LogP contribution in [0.3, 0.4) is 0 Å². The molecule has 9 nitrogen and oxygen atoms in total. The molecule has 0 aromatic heterocycles. The Bertz CT molecular complexity index is 1340. The number of amides is 2. The van der Waals surface area contributed by atoms with Crippen LogP contribution in [0.1, 0.15) is 26.3 Å². The van der Waals surface area contributed by atoms with Gasteiger partial charge in [0.1, 0.15) is 12.3 Å². The van der Waals surface area contributed by atoms with Crippen molar-refractivity contribution in [1.29, 1.82) is 0 Å². The van der Waals surface area contributed by atoms with Crippen LogP contribution in [0.25, 0.3) is 0 Å². The lowest BCUT2D eigenvalue weighted by atomic mass is 10.1. The van der Waals surface area contributed by atoms with Crippen LogP contribution in [0.15, 0.2) is 88.9 Å². The second-order valence-corrected chi connectivity index (χ2v) is 9.58. The van der Waals surface area contributed by atoms with E-state index in [1.165, 1.54) is 19.1 Å². The number of hydrogen-bond donors (Lipinski definition) is 2. The van der Waals surface area contributed by atoms with E-state index in [1.54, 1.807) is 80.6 Å². The van der Waals surface area contributed by atoms with E-state index in [2.05, 4.69) is 15.8 Å². The Kier molecular flexibility index (Phi) is 8.80. The average molecular weight is 509 g/mol. The fraction of sp³-hybridized carbons (Fsp3) is 0.192. The molecule has 2 amide bonds. The van der Waals surface area contributed by atoms with E-state index in [-0.39, 0.29) is 16.5 Å². The van der Waals surface area contributed by atoms with Crippen molar-refractivity contribution >= 4 is 38.9 Å². The minimum atomic E-state index is -4.09. The second-order valence-electron chi connectivity index (χ2n) is 7.72. The van der Waals surface area contributed by atoms with Gasteiger partial charge in [-0.1, -0.05) is 42.5 Å². The predicted molar refractivity (Wildman–Crippen MR) is 140 cm³/mol. The van der Waals surface area contributed by atoms with Gasteiger partial charge in [0.2, 0.25) is 5.91 Å². The van der Waals surface area contributed by atoms with Gasteiger partial charge in [0, 0.05) is 12.6 Å². The Labute approximate surface area is 210 Å². The zero-order valence-corrected chi connectivity index (χ0v) is 21.1. The van der Waals surface area contributed by atoms with Gasteiger partial charge in [-0.3, -0.25) is 13.9 Å². The molecule has 10 heteroatoms. The number of nitrogens with one attached hydrogen (secondary N) is 2. The first-order chi connectivity index (χ1) is 17.2. The highest BCUT2D eigenvalue weighted by Gasteiger charge is 2.29. The second kappa shape index (κ2) is 12.0. The predicted octanol–water partition coefficient (Wildman–Crippen LogP) is 3.78. The molecule has 0 saturated heterocycles. The fourth-order valence-electron chi connectivity index (χ4n) is 3.33. The summed E-state index contributed by atoms with van der Waals surface area (Å²) in [6.45, 7) is 4.73. The Morgan fingerprint density at radius 3 is 2.19 bits per heavy atom. The van der Waals surface area contributed by atoms with Crippen molar-refractivity contribution < 1.29 is 22.7 Å². The van der Waals surface area contributed by atoms with E-state index in [0.29, 0.717) is 23.8 Å². The molecular formula is C26H28N4O5S. The molecule has 3 aromatic carbocycles. The molecule has 0 atom stereocenters. The van der Waals surface area contributed by atoms with Gasteiger partial charge in [0.25, 0.3) is 15.9 Å². The van der Waals surface area contributed by atoms with E-state index in [1.807, 2.05) is 0 Å². The molecular weight excluding hydrogens is 480 g/mol. The third-order valence-corrected chi connectivity index (χ3v) is 6.80. The van der Waals surface area contributed by atoms with Gasteiger partial charge >= 0.3 is 0 Å². The maximum Gasteiger partial charge on any atom is 0.264 e. The third-order valence-electron chi connectivity index (χ3n) is 5.02. The van der Waals surface area contributed by atoms with Gasteiger partial charge in [-0.25, -0.2) is 13.8 Å². The number of benzene rings is 3. The molecule has 0 aliphatic heterocycles. The van der Waals surface area contributed by atoms with Crippen molar-refractivity contribution in [2.45, 2.75) is 25.7 Å². The molecule has 0 spiro atoms. The smallest absolute Gasteiger partial charge is 0.264 e. The molecule has 0 unspecified atom stereocenters. The maximum absolute atomic E-state index is 13.5. The van der Waals surface area contributed by atoms with Crippen molar-refractivity contribution in [2.24, 2.45) is 5.10 Å². The van der Waals surface area contributed by atoms with Crippen LogP contribution in [0, 0.1) is 0 Å². The molecule has 3 rings (SSSR count). The van der Waals surface area contributed by atoms with Crippen LogP contribution in [0.2, 0.25) is 0 Å². The summed E-state index contributed by atoms with van der Waals surface area (Å²) in [5.41, 5.74) is 4.54. The summed E-state index contributed by atoms with van der Waals surface area (Å²) >= 11 is 0. The SMILES string of the molecule is CCOc1ccccc1N(CC(=O)NN=C(C)c1ccc(NC(C)=O)cc1)S(=O)(=O)c1ccccc1. The largest absolute Gasteiger partial charge is 0.492 e. The highest BCUT2D eigenvalue weighted by Crippen LogP contribution is 2.32. The van der Waals surface area contributed by atoms with Crippen LogP contribution in [0.5, 0.6) is 5.75 Å². The molecule has 0 radical (unpaired) electrons. The van der Waals surface area contributed by atoms with E-state index in [4.69, 9.17) is 4.74 Å². The summed E-state index contributed by atoms with van der Waals surface area (Å²) in [4.78, 5) is 24.1. The summed E-state index contributed by atoms with van der Waals surface area (Å²) < 4.78 is 33.7. The van der Waals surface area contributed by atoms with Crippen LogP contribution >= 0.6 is 0 Å². The first-order valence-electron chi connectivity index (χ1n) is 11.2. The van der Waals surface area contributed by atoms with E-state index in [0.717, 1.165) is 9.87 Å². The number of anilines is 2. The van der Waals surface area contributed by atoms with Crippen LogP contribution in [-0.4, -0.2) is 39.1 Å². The third kappa shape index (κ3) is 6.70. The minimum Gasteiger partial charge on any atom is -0.492 e. The lowest BCUT2D eigenvalue weighted by Gasteiger charge is -2.25. The molecule has 0 bridgehead atoms. The highest BCUT2D eigenvalue weighted by atomic mass is 32.2. The first kappa shape index (κ1) is 26.4. The summed E-state index contributed by atoms with van der Waals surface area (Å²) in [6.07, 6.45) is 0. The number of hydrogen-bond acceptors (Lipinski definition) is 6. The normalized spacial score (nSPS) is 11.5. The molecule has 0 saturated carbocycles. The van der Waals surface area contributed by atoms with E-state index in [9.17, 15) is 18.0 Å². The highest BCUT2D eigenvalue weighted by molar-refractivity contribution is 7.92. The monoisotopic (exact) mass is 508 g/mol. The van der Waals surface area contributed by atoms with Crippen LogP contribution in [0.4, 0.5) is 11.4 Å². The lowest BCUT2D eigenvalue weighted by molar-refractivity contribution is -0.119. The number of rotatable bonds is 10. The Balaban J connectivity index is 1.85. The van der Waals surface area contributed by atoms with Gasteiger partial charge < -0.3 is 10.1 Å². The summed E-state index contributed by atoms with van der Waals surface area (Å²) in [6, 6.07) is 21.5. The van der Waals surface area contributed by atoms with Crippen molar-refractivity contribution in [3.05, 3.63) is 84.4 Å². The quantitative estimate of drug-likeness (QED) is 0.319. The standard InChI is InChI=1S/C26H28N4O5S/c1-4-35-25-13-9-8-12-24(25)30(36(33,34)23-10-6-5-7-11-23)18-26(32)29-28-19(2)21-14-16-22(17-15-21)27-20(3)31/h5-17H,4,18H2,1-3H3,(H,27,31)(H,29,32). The number of nitrogens with zero attached hydrogens (tertiary/aromatic N) is 2. The molecule has 188 valence electrons. The number of para-hydroxylation sites is 2. The number of carbonyl (C=O) groups is 2. The van der Waals surface area contributed by atoms with Crippen molar-refractivity contribution in [3.8, 4) is 5.75 Å². The molecule has 2 N–H and O–H groups in total. The van der Waals surface area contributed by atoms with Crippen LogP contribution in [-0.2, 0) is 19.6 Å². The molecule has 36 heavy (non-hydrogen) atoms. The number of sulfonamides is 1. The van der Waals surface area contributed by atoms with Crippen molar-refractivity contribution in [2.75, 3.05) is 22.8 Å². The first-order valence-corrected chi connectivity index (χ1v) is 12.7. The average Bonchev–Trinajstić information content (AvgIpc) is 2.87. The summed E-state index contributed by atoms with van der Waals surface area (Å²) in [5, 5.41) is 6.80. The molecule has 0 fully saturated rings. The van der Waals surface area contributed by atoms with Gasteiger partial charge in [0.05, 0.1) is 22.9 Å². The maximum atomic E-state index is 13.5. The van der Waals surface area contributed by atoms with Gasteiger partial charge in [-0.2, -0.15) is 5.10 Å².